The molecule has 0 saturated carbocycles. The molecule has 0 spiro atoms. The van der Waals surface area contributed by atoms with Crippen molar-refractivity contribution in [2.75, 3.05) is 30.4 Å². The number of anilines is 1. The Morgan fingerprint density at radius 1 is 1.19 bits per heavy atom. The molecule has 8 heteroatoms. The fraction of sp³-hybridized carbons (Fsp3) is 0.348. The van der Waals surface area contributed by atoms with Gasteiger partial charge in [-0.1, -0.05) is 29.8 Å². The quantitative estimate of drug-likeness (QED) is 0.479. The molecule has 0 amide bonds. The number of aldehydes is 1. The van der Waals surface area contributed by atoms with Gasteiger partial charge in [0, 0.05) is 53.2 Å². The molecular formula is C23H26ClN3O3S. The summed E-state index contributed by atoms with van der Waals surface area (Å²) in [5.41, 5.74) is 3.50. The Hall–Kier alpha value is -2.35. The first-order chi connectivity index (χ1) is 14.8. The van der Waals surface area contributed by atoms with E-state index in [-0.39, 0.29) is 5.75 Å². The van der Waals surface area contributed by atoms with Crippen LogP contribution < -0.4 is 10.6 Å². The SMILES string of the molecule is CS(=O)(=O)CCCn1c(CNc2ccccc2C2(C=O)CNC2)cc2cc(Cl)ccc21. The van der Waals surface area contributed by atoms with E-state index in [2.05, 4.69) is 21.3 Å². The Balaban J connectivity index is 1.61. The molecule has 1 aliphatic heterocycles. The Morgan fingerprint density at radius 3 is 2.65 bits per heavy atom. The van der Waals surface area contributed by atoms with Crippen molar-refractivity contribution in [3.05, 3.63) is 64.8 Å². The van der Waals surface area contributed by atoms with Crippen LogP contribution in [0.2, 0.25) is 5.02 Å². The minimum absolute atomic E-state index is 0.144. The fourth-order valence-corrected chi connectivity index (χ4v) is 5.02. The number of hydrogen-bond donors (Lipinski definition) is 2. The van der Waals surface area contributed by atoms with Gasteiger partial charge in [-0.3, -0.25) is 0 Å². The van der Waals surface area contributed by atoms with Crippen LogP contribution in [-0.2, 0) is 33.1 Å². The minimum Gasteiger partial charge on any atom is -0.379 e. The highest BCUT2D eigenvalue weighted by Crippen LogP contribution is 2.33. The summed E-state index contributed by atoms with van der Waals surface area (Å²) in [4.78, 5) is 11.8. The number of fused-ring (bicyclic) bond motifs is 1. The van der Waals surface area contributed by atoms with Crippen LogP contribution in [0.5, 0.6) is 0 Å². The molecule has 6 nitrogen and oxygen atoms in total. The van der Waals surface area contributed by atoms with E-state index in [0.29, 0.717) is 37.6 Å². The molecule has 0 unspecified atom stereocenters. The molecule has 2 heterocycles. The monoisotopic (exact) mass is 459 g/mol. The number of hydrogen-bond acceptors (Lipinski definition) is 5. The van der Waals surface area contributed by atoms with E-state index in [0.717, 1.165) is 34.1 Å². The number of nitrogens with zero attached hydrogens (tertiary/aromatic N) is 1. The van der Waals surface area contributed by atoms with E-state index in [1.165, 1.54) is 6.26 Å². The van der Waals surface area contributed by atoms with Crippen LogP contribution in [0, 0.1) is 0 Å². The molecule has 0 bridgehead atoms. The van der Waals surface area contributed by atoms with Gasteiger partial charge >= 0.3 is 0 Å². The molecular weight excluding hydrogens is 434 g/mol. The van der Waals surface area contributed by atoms with Gasteiger partial charge in [0.2, 0.25) is 0 Å². The van der Waals surface area contributed by atoms with Crippen LogP contribution in [0.1, 0.15) is 17.7 Å². The average molecular weight is 460 g/mol. The molecule has 4 rings (SSSR count). The van der Waals surface area contributed by atoms with E-state index >= 15 is 0 Å². The predicted octanol–water partition coefficient (Wildman–Crippen LogP) is 3.38. The highest BCUT2D eigenvalue weighted by atomic mass is 35.5. The summed E-state index contributed by atoms with van der Waals surface area (Å²) in [6, 6.07) is 15.7. The van der Waals surface area contributed by atoms with Crippen molar-refractivity contribution < 1.29 is 13.2 Å². The van der Waals surface area contributed by atoms with Crippen molar-refractivity contribution >= 4 is 44.3 Å². The van der Waals surface area contributed by atoms with Gasteiger partial charge in [0.15, 0.2) is 0 Å². The molecule has 0 atom stereocenters. The number of aryl methyl sites for hydroxylation is 1. The molecule has 164 valence electrons. The summed E-state index contributed by atoms with van der Waals surface area (Å²) in [7, 11) is -3.02. The number of nitrogens with one attached hydrogen (secondary N) is 2. The van der Waals surface area contributed by atoms with Crippen LogP contribution in [-0.4, -0.2) is 44.4 Å². The van der Waals surface area contributed by atoms with E-state index < -0.39 is 15.3 Å². The lowest BCUT2D eigenvalue weighted by Crippen LogP contribution is -2.58. The van der Waals surface area contributed by atoms with Gasteiger partial charge in [-0.15, -0.1) is 0 Å². The number of carbonyl (C=O) groups excluding carboxylic acids is 1. The van der Waals surface area contributed by atoms with Gasteiger partial charge in [-0.2, -0.15) is 0 Å². The maximum absolute atomic E-state index is 11.8. The van der Waals surface area contributed by atoms with Gasteiger partial charge in [0.25, 0.3) is 0 Å². The smallest absolute Gasteiger partial charge is 0.147 e. The number of halogens is 1. The fourth-order valence-electron chi connectivity index (χ4n) is 4.18. The topological polar surface area (TPSA) is 80.2 Å². The Morgan fingerprint density at radius 2 is 1.97 bits per heavy atom. The zero-order chi connectivity index (χ0) is 22.1. The molecule has 1 saturated heterocycles. The normalized spacial score (nSPS) is 15.5. The lowest BCUT2D eigenvalue weighted by atomic mass is 9.76. The van der Waals surface area contributed by atoms with Gasteiger partial charge in [0.05, 0.1) is 17.7 Å². The Bertz CT molecular complexity index is 1220. The molecule has 2 N–H and O–H groups in total. The Labute approximate surface area is 187 Å². The van der Waals surface area contributed by atoms with Crippen molar-refractivity contribution in [1.82, 2.24) is 9.88 Å². The van der Waals surface area contributed by atoms with Crippen LogP contribution in [0.4, 0.5) is 5.69 Å². The predicted molar refractivity (Wildman–Crippen MR) is 126 cm³/mol. The summed E-state index contributed by atoms with van der Waals surface area (Å²) in [5, 5.41) is 8.38. The minimum atomic E-state index is -3.02. The van der Waals surface area contributed by atoms with Gasteiger partial charge in [-0.05, 0) is 42.3 Å². The van der Waals surface area contributed by atoms with E-state index in [1.807, 2.05) is 42.5 Å². The van der Waals surface area contributed by atoms with Gasteiger partial charge < -0.3 is 20.0 Å². The number of rotatable bonds is 9. The van der Waals surface area contributed by atoms with Crippen molar-refractivity contribution in [2.24, 2.45) is 0 Å². The second-order valence-electron chi connectivity index (χ2n) is 8.25. The van der Waals surface area contributed by atoms with Gasteiger partial charge in [0.1, 0.15) is 16.1 Å². The molecule has 31 heavy (non-hydrogen) atoms. The first-order valence-corrected chi connectivity index (χ1v) is 12.7. The summed E-state index contributed by atoms with van der Waals surface area (Å²) in [5.74, 6) is 0.144. The summed E-state index contributed by atoms with van der Waals surface area (Å²) in [6.07, 6.45) is 2.83. The molecule has 1 fully saturated rings. The first-order valence-electron chi connectivity index (χ1n) is 10.3. The van der Waals surface area contributed by atoms with Crippen molar-refractivity contribution in [1.29, 1.82) is 0 Å². The number of aromatic nitrogens is 1. The van der Waals surface area contributed by atoms with Crippen molar-refractivity contribution in [3.63, 3.8) is 0 Å². The zero-order valence-electron chi connectivity index (χ0n) is 17.4. The summed E-state index contributed by atoms with van der Waals surface area (Å²) < 4.78 is 25.3. The molecule has 3 aromatic rings. The third kappa shape index (κ3) is 4.63. The lowest BCUT2D eigenvalue weighted by molar-refractivity contribution is -0.114. The zero-order valence-corrected chi connectivity index (χ0v) is 19.0. The molecule has 1 aliphatic rings. The second-order valence-corrected chi connectivity index (χ2v) is 10.9. The maximum atomic E-state index is 11.8. The molecule has 2 aromatic carbocycles. The highest BCUT2D eigenvalue weighted by Gasteiger charge is 2.40. The van der Waals surface area contributed by atoms with E-state index in [9.17, 15) is 13.2 Å². The van der Waals surface area contributed by atoms with Crippen molar-refractivity contribution in [2.45, 2.75) is 24.9 Å². The molecule has 0 aliphatic carbocycles. The number of sulfone groups is 1. The second kappa shape index (κ2) is 8.65. The average Bonchev–Trinajstić information content (AvgIpc) is 3.02. The van der Waals surface area contributed by atoms with E-state index in [1.54, 1.807) is 0 Å². The van der Waals surface area contributed by atoms with E-state index in [4.69, 9.17) is 11.6 Å². The highest BCUT2D eigenvalue weighted by molar-refractivity contribution is 7.90. The lowest BCUT2D eigenvalue weighted by Gasteiger charge is -2.39. The Kier molecular flexibility index (Phi) is 6.10. The third-order valence-corrected chi connectivity index (χ3v) is 7.14. The number of benzene rings is 2. The maximum Gasteiger partial charge on any atom is 0.147 e. The standard InChI is InChI=1S/C23H26ClN3O3S/c1-31(29,30)10-4-9-27-19(12-17-11-18(24)7-8-22(17)27)13-26-21-6-3-2-5-20(21)23(16-28)14-25-15-23/h2-3,5-8,11-12,16,25-26H,4,9-10,13-15H2,1H3. The van der Waals surface area contributed by atoms with Crippen LogP contribution >= 0.6 is 11.6 Å². The van der Waals surface area contributed by atoms with Crippen LogP contribution in [0.3, 0.4) is 0 Å². The van der Waals surface area contributed by atoms with Crippen molar-refractivity contribution in [3.8, 4) is 0 Å². The van der Waals surface area contributed by atoms with Gasteiger partial charge in [-0.25, -0.2) is 8.42 Å². The molecule has 0 radical (unpaired) electrons. The van der Waals surface area contributed by atoms with Crippen LogP contribution in [0.15, 0.2) is 48.5 Å². The molecule has 1 aromatic heterocycles. The third-order valence-electron chi connectivity index (χ3n) is 5.88. The summed E-state index contributed by atoms with van der Waals surface area (Å²) >= 11 is 6.18. The number of carbonyl (C=O) groups is 1. The summed E-state index contributed by atoms with van der Waals surface area (Å²) in [6.45, 7) is 2.42. The largest absolute Gasteiger partial charge is 0.379 e. The number of para-hydroxylation sites is 1. The van der Waals surface area contributed by atoms with Crippen LogP contribution in [0.25, 0.3) is 10.9 Å². The first kappa shape index (κ1) is 21.9.